The summed E-state index contributed by atoms with van der Waals surface area (Å²) >= 11 is 0. The molecule has 24 heavy (non-hydrogen) atoms. The number of aliphatic hydroxyl groups excluding tert-OH is 1. The molecule has 1 aliphatic rings. The van der Waals surface area contributed by atoms with Crippen LogP contribution in [0.25, 0.3) is 0 Å². The number of carbonyl (C=O) groups excluding carboxylic acids is 1. The fourth-order valence-corrected chi connectivity index (χ4v) is 3.89. The van der Waals surface area contributed by atoms with Crippen LogP contribution < -0.4 is 0 Å². The molecule has 1 aliphatic heterocycles. The molecule has 2 aromatic carbocycles. The normalized spacial score (nSPS) is 22.4. The van der Waals surface area contributed by atoms with Gasteiger partial charge in [0.1, 0.15) is 0 Å². The number of hydrogen-bond acceptors (Lipinski definition) is 2. The second-order valence-electron chi connectivity index (χ2n) is 6.47. The lowest BCUT2D eigenvalue weighted by molar-refractivity contribution is -0.144. The molecule has 0 radical (unpaired) electrons. The van der Waals surface area contributed by atoms with Crippen molar-refractivity contribution in [2.24, 2.45) is 5.92 Å². The summed E-state index contributed by atoms with van der Waals surface area (Å²) in [6.07, 6.45) is 2.50. The standard InChI is InChI=1S/C21H25NO2/c1-2-16-13-14-20(24)22(21(16)18-11-7-4-8-12-18)19(15-23)17-9-5-3-6-10-17/h3-12,16,19,21,23H,2,13-15H2,1H3/t16-,19-,21+/m0/s1. The fraction of sp³-hybridized carbons (Fsp3) is 0.381. The lowest BCUT2D eigenvalue weighted by Gasteiger charge is -2.45. The smallest absolute Gasteiger partial charge is 0.223 e. The van der Waals surface area contributed by atoms with E-state index in [4.69, 9.17) is 0 Å². The van der Waals surface area contributed by atoms with Gasteiger partial charge >= 0.3 is 0 Å². The van der Waals surface area contributed by atoms with Gasteiger partial charge in [-0.1, -0.05) is 74.0 Å². The first kappa shape index (κ1) is 16.7. The monoisotopic (exact) mass is 323 g/mol. The zero-order valence-corrected chi connectivity index (χ0v) is 14.1. The van der Waals surface area contributed by atoms with E-state index in [-0.39, 0.29) is 24.6 Å². The lowest BCUT2D eigenvalue weighted by Crippen LogP contribution is -2.46. The highest BCUT2D eigenvalue weighted by Gasteiger charge is 2.39. The van der Waals surface area contributed by atoms with Crippen molar-refractivity contribution in [3.8, 4) is 0 Å². The van der Waals surface area contributed by atoms with Crippen molar-refractivity contribution >= 4 is 5.91 Å². The zero-order valence-electron chi connectivity index (χ0n) is 14.1. The number of carbonyl (C=O) groups is 1. The van der Waals surface area contributed by atoms with Crippen LogP contribution in [0.4, 0.5) is 0 Å². The summed E-state index contributed by atoms with van der Waals surface area (Å²) in [5.41, 5.74) is 2.15. The third-order valence-corrected chi connectivity index (χ3v) is 5.12. The number of nitrogens with zero attached hydrogens (tertiary/aromatic N) is 1. The van der Waals surface area contributed by atoms with E-state index < -0.39 is 0 Å². The minimum absolute atomic E-state index is 0.0230. The van der Waals surface area contributed by atoms with Crippen molar-refractivity contribution in [1.82, 2.24) is 4.90 Å². The number of aliphatic hydroxyl groups is 1. The Morgan fingerprint density at radius 1 is 1.08 bits per heavy atom. The average molecular weight is 323 g/mol. The number of rotatable bonds is 5. The van der Waals surface area contributed by atoms with Crippen LogP contribution >= 0.6 is 0 Å². The van der Waals surface area contributed by atoms with Crippen molar-refractivity contribution in [3.05, 3.63) is 71.8 Å². The van der Waals surface area contributed by atoms with Crippen LogP contribution in [-0.4, -0.2) is 22.5 Å². The maximum atomic E-state index is 12.8. The van der Waals surface area contributed by atoms with E-state index >= 15 is 0 Å². The Hall–Kier alpha value is -2.13. The first-order chi connectivity index (χ1) is 11.8. The maximum Gasteiger partial charge on any atom is 0.223 e. The van der Waals surface area contributed by atoms with Gasteiger partial charge in [-0.25, -0.2) is 0 Å². The molecule has 1 heterocycles. The van der Waals surface area contributed by atoms with E-state index in [0.717, 1.165) is 24.0 Å². The zero-order chi connectivity index (χ0) is 16.9. The van der Waals surface area contributed by atoms with Crippen molar-refractivity contribution in [3.63, 3.8) is 0 Å². The minimum atomic E-state index is -0.293. The highest BCUT2D eigenvalue weighted by Crippen LogP contribution is 2.42. The van der Waals surface area contributed by atoms with Gasteiger partial charge < -0.3 is 10.0 Å². The third kappa shape index (κ3) is 3.22. The van der Waals surface area contributed by atoms with Gasteiger partial charge in [0.05, 0.1) is 18.7 Å². The minimum Gasteiger partial charge on any atom is -0.394 e. The Balaban J connectivity index is 2.04. The fourth-order valence-electron chi connectivity index (χ4n) is 3.89. The molecule has 0 aromatic heterocycles. The molecule has 2 aromatic rings. The molecule has 126 valence electrons. The molecular formula is C21H25NO2. The van der Waals surface area contributed by atoms with Crippen molar-refractivity contribution < 1.29 is 9.90 Å². The molecular weight excluding hydrogens is 298 g/mol. The van der Waals surface area contributed by atoms with E-state index in [9.17, 15) is 9.90 Å². The second-order valence-corrected chi connectivity index (χ2v) is 6.47. The molecule has 0 saturated carbocycles. The highest BCUT2D eigenvalue weighted by molar-refractivity contribution is 5.78. The summed E-state index contributed by atoms with van der Waals surface area (Å²) in [4.78, 5) is 14.8. The van der Waals surface area contributed by atoms with E-state index in [1.54, 1.807) is 0 Å². The van der Waals surface area contributed by atoms with Crippen molar-refractivity contribution in [1.29, 1.82) is 0 Å². The highest BCUT2D eigenvalue weighted by atomic mass is 16.3. The number of likely N-dealkylation sites (tertiary alicyclic amines) is 1. The van der Waals surface area contributed by atoms with E-state index in [1.165, 1.54) is 0 Å². The molecule has 0 aliphatic carbocycles. The molecule has 1 amide bonds. The molecule has 3 nitrogen and oxygen atoms in total. The van der Waals surface area contributed by atoms with Crippen molar-refractivity contribution in [2.45, 2.75) is 38.3 Å². The molecule has 3 rings (SSSR count). The predicted octanol–water partition coefficient (Wildman–Crippen LogP) is 4.11. The summed E-state index contributed by atoms with van der Waals surface area (Å²) in [6.45, 7) is 2.13. The van der Waals surface area contributed by atoms with E-state index in [0.29, 0.717) is 12.3 Å². The summed E-state index contributed by atoms with van der Waals surface area (Å²) in [7, 11) is 0. The summed E-state index contributed by atoms with van der Waals surface area (Å²) in [6, 6.07) is 19.8. The number of piperidine rings is 1. The van der Waals surface area contributed by atoms with Crippen molar-refractivity contribution in [2.75, 3.05) is 6.61 Å². The Bertz CT molecular complexity index is 656. The molecule has 3 atom stereocenters. The van der Waals surface area contributed by atoms with Gasteiger partial charge in [-0.3, -0.25) is 4.79 Å². The Kier molecular flexibility index (Phi) is 5.31. The summed E-state index contributed by atoms with van der Waals surface area (Å²) < 4.78 is 0. The van der Waals surface area contributed by atoms with Gasteiger partial charge in [-0.15, -0.1) is 0 Å². The van der Waals surface area contributed by atoms with Crippen LogP contribution in [-0.2, 0) is 4.79 Å². The maximum absolute atomic E-state index is 12.8. The van der Waals surface area contributed by atoms with Crippen LogP contribution in [0.15, 0.2) is 60.7 Å². The van der Waals surface area contributed by atoms with Gasteiger partial charge in [-0.05, 0) is 23.5 Å². The van der Waals surface area contributed by atoms with E-state index in [1.807, 2.05) is 53.4 Å². The van der Waals surface area contributed by atoms with Crippen LogP contribution in [0.1, 0.15) is 49.4 Å². The average Bonchev–Trinajstić information content (AvgIpc) is 2.65. The Labute approximate surface area is 143 Å². The van der Waals surface area contributed by atoms with Gasteiger partial charge in [0.25, 0.3) is 0 Å². The molecule has 0 unspecified atom stereocenters. The van der Waals surface area contributed by atoms with Gasteiger partial charge in [0, 0.05) is 6.42 Å². The lowest BCUT2D eigenvalue weighted by atomic mass is 9.81. The SMILES string of the molecule is CC[C@H]1CCC(=O)N([C@@H](CO)c2ccccc2)[C@H]1c1ccccc1. The van der Waals surface area contributed by atoms with E-state index in [2.05, 4.69) is 19.1 Å². The second kappa shape index (κ2) is 7.63. The molecule has 1 fully saturated rings. The third-order valence-electron chi connectivity index (χ3n) is 5.12. The molecule has 0 spiro atoms. The Morgan fingerprint density at radius 2 is 1.71 bits per heavy atom. The number of hydrogen-bond donors (Lipinski definition) is 1. The molecule has 1 N–H and O–H groups in total. The van der Waals surface area contributed by atoms with Gasteiger partial charge in [-0.2, -0.15) is 0 Å². The Morgan fingerprint density at radius 3 is 2.29 bits per heavy atom. The van der Waals surface area contributed by atoms with Gasteiger partial charge in [0.2, 0.25) is 5.91 Å². The number of benzene rings is 2. The first-order valence-electron chi connectivity index (χ1n) is 8.78. The summed E-state index contributed by atoms with van der Waals surface area (Å²) in [5, 5.41) is 10.1. The summed E-state index contributed by atoms with van der Waals surface area (Å²) in [5.74, 6) is 0.555. The van der Waals surface area contributed by atoms with Crippen LogP contribution in [0.5, 0.6) is 0 Å². The quantitative estimate of drug-likeness (QED) is 0.899. The molecule has 1 saturated heterocycles. The van der Waals surface area contributed by atoms with Crippen LogP contribution in [0.3, 0.4) is 0 Å². The molecule has 0 bridgehead atoms. The molecule has 3 heteroatoms. The largest absolute Gasteiger partial charge is 0.394 e. The number of amides is 1. The predicted molar refractivity (Wildman–Crippen MR) is 95.3 cm³/mol. The van der Waals surface area contributed by atoms with Crippen LogP contribution in [0, 0.1) is 5.92 Å². The first-order valence-corrected chi connectivity index (χ1v) is 8.78. The topological polar surface area (TPSA) is 40.5 Å². The van der Waals surface area contributed by atoms with Gasteiger partial charge in [0.15, 0.2) is 0 Å². The van der Waals surface area contributed by atoms with Crippen LogP contribution in [0.2, 0.25) is 0 Å².